The second kappa shape index (κ2) is 8.12. The zero-order valence-corrected chi connectivity index (χ0v) is 15.0. The number of hydrogen-bond donors (Lipinski definition) is 1. The number of rotatable bonds is 4. The minimum atomic E-state index is -0.0420. The molecule has 0 spiro atoms. The first-order valence-electron chi connectivity index (χ1n) is 8.32. The molecule has 1 fully saturated rings. The summed E-state index contributed by atoms with van der Waals surface area (Å²) in [4.78, 5) is 16.5. The number of halogens is 1. The summed E-state index contributed by atoms with van der Waals surface area (Å²) in [7, 11) is 1.68. The molecule has 132 valence electrons. The molecule has 1 saturated heterocycles. The third-order valence-electron chi connectivity index (χ3n) is 4.33. The van der Waals surface area contributed by atoms with E-state index in [2.05, 4.69) is 10.2 Å². The molecule has 0 unspecified atom stereocenters. The van der Waals surface area contributed by atoms with E-state index in [0.29, 0.717) is 24.7 Å². The lowest BCUT2D eigenvalue weighted by molar-refractivity contribution is 0.194. The molecule has 5 nitrogen and oxygen atoms in total. The van der Waals surface area contributed by atoms with E-state index >= 15 is 0 Å². The van der Waals surface area contributed by atoms with Gasteiger partial charge in [0.05, 0.1) is 12.8 Å². The van der Waals surface area contributed by atoms with Gasteiger partial charge in [0.1, 0.15) is 5.75 Å². The summed E-state index contributed by atoms with van der Waals surface area (Å²) in [6, 6.07) is 15.4. The largest absolute Gasteiger partial charge is 0.495 e. The van der Waals surface area contributed by atoms with Crippen molar-refractivity contribution in [3.05, 3.63) is 59.1 Å². The Morgan fingerprint density at radius 1 is 1.12 bits per heavy atom. The predicted molar refractivity (Wildman–Crippen MR) is 100 cm³/mol. The summed E-state index contributed by atoms with van der Waals surface area (Å²) in [6.45, 7) is 3.40. The lowest BCUT2D eigenvalue weighted by atomic mass is 10.2. The lowest BCUT2D eigenvalue weighted by Crippen LogP contribution is -2.51. The molecule has 6 heteroatoms. The summed E-state index contributed by atoms with van der Waals surface area (Å²) in [6.07, 6.45) is 0. The highest BCUT2D eigenvalue weighted by Gasteiger charge is 2.22. The van der Waals surface area contributed by atoms with Crippen LogP contribution in [0, 0.1) is 0 Å². The number of ether oxygens (including phenoxy) is 1. The van der Waals surface area contributed by atoms with Gasteiger partial charge in [-0.25, -0.2) is 4.79 Å². The number of nitrogens with zero attached hydrogens (tertiary/aromatic N) is 2. The van der Waals surface area contributed by atoms with Crippen LogP contribution in [0.25, 0.3) is 0 Å². The fraction of sp³-hybridized carbons (Fsp3) is 0.316. The SMILES string of the molecule is COc1ccccc1N1CCN(C(=O)NCc2cccc(Cl)c2)CC1. The number of nitrogens with one attached hydrogen (secondary N) is 1. The minimum Gasteiger partial charge on any atom is -0.495 e. The molecular formula is C19H22ClN3O2. The topological polar surface area (TPSA) is 44.8 Å². The molecule has 2 amide bonds. The van der Waals surface area contributed by atoms with Crippen molar-refractivity contribution in [3.8, 4) is 5.75 Å². The molecule has 0 aliphatic carbocycles. The number of urea groups is 1. The number of piperazine rings is 1. The van der Waals surface area contributed by atoms with E-state index in [1.54, 1.807) is 7.11 Å². The molecule has 1 aliphatic rings. The van der Waals surface area contributed by atoms with E-state index < -0.39 is 0 Å². The maximum absolute atomic E-state index is 12.4. The maximum atomic E-state index is 12.4. The molecule has 1 heterocycles. The van der Waals surface area contributed by atoms with Crippen molar-refractivity contribution in [3.63, 3.8) is 0 Å². The van der Waals surface area contributed by atoms with E-state index in [0.717, 1.165) is 30.1 Å². The maximum Gasteiger partial charge on any atom is 0.317 e. The smallest absolute Gasteiger partial charge is 0.317 e. The monoisotopic (exact) mass is 359 g/mol. The van der Waals surface area contributed by atoms with Crippen LogP contribution >= 0.6 is 11.6 Å². The van der Waals surface area contributed by atoms with Crippen molar-refractivity contribution >= 4 is 23.3 Å². The first kappa shape index (κ1) is 17.4. The van der Waals surface area contributed by atoms with Gasteiger partial charge in [-0.3, -0.25) is 0 Å². The Morgan fingerprint density at radius 3 is 2.60 bits per heavy atom. The van der Waals surface area contributed by atoms with Crippen LogP contribution in [0.4, 0.5) is 10.5 Å². The van der Waals surface area contributed by atoms with Crippen molar-refractivity contribution in [2.24, 2.45) is 0 Å². The molecular weight excluding hydrogens is 338 g/mol. The summed E-state index contributed by atoms with van der Waals surface area (Å²) >= 11 is 5.97. The van der Waals surface area contributed by atoms with Crippen molar-refractivity contribution in [2.75, 3.05) is 38.2 Å². The van der Waals surface area contributed by atoms with E-state index in [1.807, 2.05) is 53.4 Å². The average Bonchev–Trinajstić information content (AvgIpc) is 2.66. The number of anilines is 1. The summed E-state index contributed by atoms with van der Waals surface area (Å²) in [5, 5.41) is 3.64. The molecule has 0 atom stereocenters. The highest BCUT2D eigenvalue weighted by atomic mass is 35.5. The summed E-state index contributed by atoms with van der Waals surface area (Å²) < 4.78 is 5.42. The number of carbonyl (C=O) groups excluding carboxylic acids is 1. The van der Waals surface area contributed by atoms with Crippen LogP contribution < -0.4 is 15.0 Å². The van der Waals surface area contributed by atoms with Gasteiger partial charge < -0.3 is 19.9 Å². The number of hydrogen-bond acceptors (Lipinski definition) is 3. The number of amides is 2. The van der Waals surface area contributed by atoms with Gasteiger partial charge in [-0.2, -0.15) is 0 Å². The molecule has 25 heavy (non-hydrogen) atoms. The Kier molecular flexibility index (Phi) is 5.66. The van der Waals surface area contributed by atoms with Gasteiger partial charge in [0.15, 0.2) is 0 Å². The third-order valence-corrected chi connectivity index (χ3v) is 4.56. The van der Waals surface area contributed by atoms with Crippen molar-refractivity contribution in [1.29, 1.82) is 0 Å². The van der Waals surface area contributed by atoms with Crippen LogP contribution in [0.3, 0.4) is 0 Å². The Bertz CT molecular complexity index is 730. The van der Waals surface area contributed by atoms with Crippen LogP contribution in [-0.4, -0.2) is 44.2 Å². The second-order valence-electron chi connectivity index (χ2n) is 5.93. The van der Waals surface area contributed by atoms with Gasteiger partial charge in [0.2, 0.25) is 0 Å². The average molecular weight is 360 g/mol. The van der Waals surface area contributed by atoms with Gasteiger partial charge >= 0.3 is 6.03 Å². The number of carbonyl (C=O) groups is 1. The second-order valence-corrected chi connectivity index (χ2v) is 6.37. The quantitative estimate of drug-likeness (QED) is 0.910. The Morgan fingerprint density at radius 2 is 1.88 bits per heavy atom. The third kappa shape index (κ3) is 4.37. The standard InChI is InChI=1S/C19H22ClN3O2/c1-25-18-8-3-2-7-17(18)22-9-11-23(12-10-22)19(24)21-14-15-5-4-6-16(20)13-15/h2-8,13H,9-12,14H2,1H3,(H,21,24). The van der Waals surface area contributed by atoms with Crippen molar-refractivity contribution < 1.29 is 9.53 Å². The molecule has 2 aromatic carbocycles. The Labute approximate surface area is 153 Å². The molecule has 2 aromatic rings. The fourth-order valence-corrected chi connectivity index (χ4v) is 3.19. The van der Waals surface area contributed by atoms with E-state index in [4.69, 9.17) is 16.3 Å². The van der Waals surface area contributed by atoms with Crippen LogP contribution in [0.1, 0.15) is 5.56 Å². The fourth-order valence-electron chi connectivity index (χ4n) is 2.98. The van der Waals surface area contributed by atoms with E-state index in [9.17, 15) is 4.79 Å². The molecule has 0 radical (unpaired) electrons. The molecule has 0 aromatic heterocycles. The zero-order chi connectivity index (χ0) is 17.6. The number of para-hydroxylation sites is 2. The van der Waals surface area contributed by atoms with Gasteiger partial charge in [0.25, 0.3) is 0 Å². The minimum absolute atomic E-state index is 0.0420. The predicted octanol–water partition coefficient (Wildman–Crippen LogP) is 3.38. The Balaban J connectivity index is 1.52. The van der Waals surface area contributed by atoms with E-state index in [1.165, 1.54) is 0 Å². The number of benzene rings is 2. The molecule has 0 bridgehead atoms. The van der Waals surface area contributed by atoms with Crippen LogP contribution in [0.5, 0.6) is 5.75 Å². The normalized spacial score (nSPS) is 14.3. The highest BCUT2D eigenvalue weighted by Crippen LogP contribution is 2.28. The van der Waals surface area contributed by atoms with Gasteiger partial charge in [0, 0.05) is 37.7 Å². The van der Waals surface area contributed by atoms with Crippen LogP contribution in [-0.2, 0) is 6.54 Å². The first-order chi connectivity index (χ1) is 12.2. The molecule has 1 aliphatic heterocycles. The Hall–Kier alpha value is -2.40. The van der Waals surface area contributed by atoms with Gasteiger partial charge in [-0.05, 0) is 29.8 Å². The van der Waals surface area contributed by atoms with Crippen LogP contribution in [0.2, 0.25) is 5.02 Å². The molecule has 0 saturated carbocycles. The van der Waals surface area contributed by atoms with Gasteiger partial charge in [-0.1, -0.05) is 35.9 Å². The molecule has 3 rings (SSSR count). The highest BCUT2D eigenvalue weighted by molar-refractivity contribution is 6.30. The zero-order valence-electron chi connectivity index (χ0n) is 14.2. The van der Waals surface area contributed by atoms with Gasteiger partial charge in [-0.15, -0.1) is 0 Å². The van der Waals surface area contributed by atoms with E-state index in [-0.39, 0.29) is 6.03 Å². The number of methoxy groups -OCH3 is 1. The first-order valence-corrected chi connectivity index (χ1v) is 8.70. The summed E-state index contributed by atoms with van der Waals surface area (Å²) in [5.41, 5.74) is 2.07. The lowest BCUT2D eigenvalue weighted by Gasteiger charge is -2.36. The summed E-state index contributed by atoms with van der Waals surface area (Å²) in [5.74, 6) is 0.862. The van der Waals surface area contributed by atoms with Crippen molar-refractivity contribution in [1.82, 2.24) is 10.2 Å². The molecule has 1 N–H and O–H groups in total. The van der Waals surface area contributed by atoms with Crippen LogP contribution in [0.15, 0.2) is 48.5 Å². The van der Waals surface area contributed by atoms with Crippen molar-refractivity contribution in [2.45, 2.75) is 6.54 Å².